The summed E-state index contributed by atoms with van der Waals surface area (Å²) in [6.07, 6.45) is 0. The van der Waals surface area contributed by atoms with Crippen LogP contribution in [0.25, 0.3) is 0 Å². The molecule has 2 heterocycles. The molecule has 0 radical (unpaired) electrons. The first-order chi connectivity index (χ1) is 11.7. The molecule has 1 N–H and O–H groups in total. The molecule has 1 aromatic rings. The lowest BCUT2D eigenvalue weighted by molar-refractivity contribution is -0.140. The van der Waals surface area contributed by atoms with Gasteiger partial charge in [0, 0.05) is 6.92 Å². The molecule has 1 unspecified atom stereocenters. The van der Waals surface area contributed by atoms with Crippen molar-refractivity contribution in [1.29, 1.82) is 0 Å². The van der Waals surface area contributed by atoms with Gasteiger partial charge in [-0.3, -0.25) is 9.59 Å². The zero-order valence-corrected chi connectivity index (χ0v) is 14.9. The summed E-state index contributed by atoms with van der Waals surface area (Å²) >= 11 is 0. The Kier molecular flexibility index (Phi) is 5.03. The van der Waals surface area contributed by atoms with E-state index >= 15 is 0 Å². The van der Waals surface area contributed by atoms with E-state index in [0.717, 1.165) is 4.90 Å². The molecule has 1 atom stereocenters. The number of aliphatic hydroxyl groups is 1. The number of carbonyl (C=O) groups excluding carboxylic acids is 3. The summed E-state index contributed by atoms with van der Waals surface area (Å²) in [6.45, 7) is 6.16. The topological polar surface area (TPSA) is 109 Å². The van der Waals surface area contributed by atoms with E-state index in [0.29, 0.717) is 0 Å². The number of methoxy groups -OCH3 is 1. The van der Waals surface area contributed by atoms with Crippen LogP contribution in [0.3, 0.4) is 0 Å². The van der Waals surface area contributed by atoms with Crippen LogP contribution in [0.15, 0.2) is 17.1 Å². The molecule has 1 aliphatic heterocycles. The van der Waals surface area contributed by atoms with E-state index in [1.807, 2.05) is 13.8 Å². The van der Waals surface area contributed by atoms with Gasteiger partial charge in [0.25, 0.3) is 5.91 Å². The van der Waals surface area contributed by atoms with Gasteiger partial charge in [0.1, 0.15) is 11.2 Å². The van der Waals surface area contributed by atoms with E-state index < -0.39 is 23.3 Å². The number of rotatable bonds is 4. The minimum Gasteiger partial charge on any atom is -0.465 e. The van der Waals surface area contributed by atoms with Crippen LogP contribution < -0.4 is 0 Å². The number of amides is 2. The average molecular weight is 347 g/mol. The molecule has 8 heteroatoms. The van der Waals surface area contributed by atoms with Crippen LogP contribution in [0.1, 0.15) is 49.4 Å². The summed E-state index contributed by atoms with van der Waals surface area (Å²) in [4.78, 5) is 46.5. The lowest BCUT2D eigenvalue weighted by Gasteiger charge is -2.24. The molecule has 25 heavy (non-hydrogen) atoms. The normalized spacial score (nSPS) is 20.0. The molecule has 2 amide bonds. The Morgan fingerprint density at radius 2 is 2.00 bits per heavy atom. The van der Waals surface area contributed by atoms with Gasteiger partial charge in [0.2, 0.25) is 5.91 Å². The zero-order chi connectivity index (χ0) is 18.9. The number of pyridine rings is 1. The third-order valence-electron chi connectivity index (χ3n) is 4.36. The van der Waals surface area contributed by atoms with Gasteiger partial charge in [-0.15, -0.1) is 0 Å². The first kappa shape index (κ1) is 18.7. The molecular weight excluding hydrogens is 326 g/mol. The number of imide groups is 1. The van der Waals surface area contributed by atoms with E-state index in [4.69, 9.17) is 4.74 Å². The number of esters is 1. The number of aromatic nitrogens is 1. The number of nitrogens with zero attached hydrogens (tertiary/aromatic N) is 3. The lowest BCUT2D eigenvalue weighted by atomic mass is 9.89. The van der Waals surface area contributed by atoms with Gasteiger partial charge in [-0.05, 0) is 25.0 Å². The number of hydrogen-bond donors (Lipinski definition) is 1. The first-order valence-electron chi connectivity index (χ1n) is 7.81. The molecule has 1 aliphatic rings. The van der Waals surface area contributed by atoms with Crippen LogP contribution in [0.4, 0.5) is 0 Å². The summed E-state index contributed by atoms with van der Waals surface area (Å²) < 4.78 is 4.75. The summed E-state index contributed by atoms with van der Waals surface area (Å²) in [7, 11) is 1.22. The highest BCUT2D eigenvalue weighted by Crippen LogP contribution is 2.32. The molecule has 8 nitrogen and oxygen atoms in total. The summed E-state index contributed by atoms with van der Waals surface area (Å²) in [5.41, 5.74) is -0.776. The van der Waals surface area contributed by atoms with E-state index in [-0.39, 0.29) is 35.3 Å². The minimum absolute atomic E-state index is 0.00981. The number of amidine groups is 1. The van der Waals surface area contributed by atoms with Crippen molar-refractivity contribution in [1.82, 2.24) is 9.88 Å². The Labute approximate surface area is 145 Å². The van der Waals surface area contributed by atoms with Crippen molar-refractivity contribution >= 4 is 23.6 Å². The largest absolute Gasteiger partial charge is 0.465 e. The molecular formula is C17H21N3O5. The van der Waals surface area contributed by atoms with Gasteiger partial charge in [-0.2, -0.15) is 0 Å². The van der Waals surface area contributed by atoms with Crippen molar-refractivity contribution in [2.24, 2.45) is 10.9 Å². The highest BCUT2D eigenvalue weighted by molar-refractivity contribution is 6.25. The van der Waals surface area contributed by atoms with E-state index in [9.17, 15) is 19.5 Å². The highest BCUT2D eigenvalue weighted by atomic mass is 16.5. The van der Waals surface area contributed by atoms with Crippen LogP contribution in [-0.2, 0) is 20.9 Å². The molecule has 0 bridgehead atoms. The minimum atomic E-state index is -1.15. The molecule has 0 saturated carbocycles. The van der Waals surface area contributed by atoms with Gasteiger partial charge < -0.3 is 9.84 Å². The Morgan fingerprint density at radius 1 is 1.36 bits per heavy atom. The number of aliphatic hydroxyl groups excluding tert-OH is 1. The SMILES string of the molecule is COC(=O)c1ccc(CO)nc1C1=NC(C)(C(C)C)C(=O)N1C(C)=O. The third kappa shape index (κ3) is 3.05. The lowest BCUT2D eigenvalue weighted by Crippen LogP contribution is -2.46. The van der Waals surface area contributed by atoms with E-state index in [2.05, 4.69) is 9.98 Å². The standard InChI is InChI=1S/C17H21N3O5/c1-9(2)17(4)16(24)20(10(3)22)14(19-17)13-12(15(23)25-5)7-6-11(8-21)18-13/h6-7,9,21H,8H2,1-5H3. The van der Waals surface area contributed by atoms with Crippen molar-refractivity contribution in [2.45, 2.75) is 39.8 Å². The molecule has 1 aromatic heterocycles. The molecule has 0 saturated heterocycles. The van der Waals surface area contributed by atoms with E-state index in [1.54, 1.807) is 6.92 Å². The number of aliphatic imine (C=N–C) groups is 1. The van der Waals surface area contributed by atoms with Gasteiger partial charge in [-0.25, -0.2) is 19.7 Å². The number of ether oxygens (including phenoxy) is 1. The van der Waals surface area contributed by atoms with Gasteiger partial charge in [-0.1, -0.05) is 13.8 Å². The second kappa shape index (κ2) is 6.72. The fraction of sp³-hybridized carbons (Fsp3) is 0.471. The van der Waals surface area contributed by atoms with Crippen molar-refractivity contribution in [3.63, 3.8) is 0 Å². The van der Waals surface area contributed by atoms with Crippen molar-refractivity contribution < 1.29 is 24.2 Å². The molecule has 0 spiro atoms. The Balaban J connectivity index is 2.75. The fourth-order valence-electron chi connectivity index (χ4n) is 2.50. The highest BCUT2D eigenvalue weighted by Gasteiger charge is 2.49. The predicted molar refractivity (Wildman–Crippen MR) is 88.8 cm³/mol. The monoisotopic (exact) mass is 347 g/mol. The second-order valence-corrected chi connectivity index (χ2v) is 6.25. The van der Waals surface area contributed by atoms with Gasteiger partial charge >= 0.3 is 5.97 Å². The van der Waals surface area contributed by atoms with Gasteiger partial charge in [0.05, 0.1) is 25.0 Å². The van der Waals surface area contributed by atoms with Gasteiger partial charge in [0.15, 0.2) is 5.84 Å². The first-order valence-corrected chi connectivity index (χ1v) is 7.81. The van der Waals surface area contributed by atoms with Crippen molar-refractivity contribution in [3.05, 3.63) is 29.1 Å². The molecule has 0 aliphatic carbocycles. The fourth-order valence-corrected chi connectivity index (χ4v) is 2.50. The summed E-state index contributed by atoms with van der Waals surface area (Å²) in [5, 5.41) is 9.34. The smallest absolute Gasteiger partial charge is 0.340 e. The Hall–Kier alpha value is -2.61. The van der Waals surface area contributed by atoms with Crippen LogP contribution in [0.5, 0.6) is 0 Å². The molecule has 0 aromatic carbocycles. The molecule has 134 valence electrons. The second-order valence-electron chi connectivity index (χ2n) is 6.25. The average Bonchev–Trinajstić information content (AvgIpc) is 2.86. The summed E-state index contributed by atoms with van der Waals surface area (Å²) in [6, 6.07) is 2.89. The predicted octanol–water partition coefficient (Wildman–Crippen LogP) is 0.910. The maximum Gasteiger partial charge on any atom is 0.340 e. The third-order valence-corrected chi connectivity index (χ3v) is 4.36. The van der Waals surface area contributed by atoms with Crippen molar-refractivity contribution in [3.8, 4) is 0 Å². The van der Waals surface area contributed by atoms with Crippen LogP contribution >= 0.6 is 0 Å². The number of hydrogen-bond acceptors (Lipinski definition) is 7. The van der Waals surface area contributed by atoms with Crippen molar-refractivity contribution in [2.75, 3.05) is 7.11 Å². The van der Waals surface area contributed by atoms with Crippen LogP contribution in [-0.4, -0.2) is 51.3 Å². The molecule has 0 fully saturated rings. The summed E-state index contributed by atoms with van der Waals surface area (Å²) in [5.74, 6) is -1.87. The quantitative estimate of drug-likeness (QED) is 0.811. The maximum absolute atomic E-state index is 12.8. The van der Waals surface area contributed by atoms with E-state index in [1.165, 1.54) is 26.2 Å². The Bertz CT molecular complexity index is 772. The van der Waals surface area contributed by atoms with Crippen LogP contribution in [0.2, 0.25) is 0 Å². The zero-order valence-electron chi connectivity index (χ0n) is 14.9. The number of carbonyl (C=O) groups is 3. The molecule has 2 rings (SSSR count). The maximum atomic E-state index is 12.8. The van der Waals surface area contributed by atoms with Crippen LogP contribution in [0, 0.1) is 5.92 Å². The Morgan fingerprint density at radius 3 is 2.48 bits per heavy atom.